The maximum Gasteiger partial charge on any atom is 0.331 e. The van der Waals surface area contributed by atoms with Gasteiger partial charge in [0.1, 0.15) is 6.61 Å². The van der Waals surface area contributed by atoms with Gasteiger partial charge >= 0.3 is 5.97 Å². The van der Waals surface area contributed by atoms with Crippen molar-refractivity contribution in [2.45, 2.75) is 6.61 Å². The van der Waals surface area contributed by atoms with Crippen LogP contribution >= 0.6 is 27.3 Å². The molecule has 0 aliphatic heterocycles. The Morgan fingerprint density at radius 1 is 1.35 bits per heavy atom. The zero-order valence-corrected chi connectivity index (χ0v) is 14.2. The molecule has 3 rings (SSSR count). The lowest BCUT2D eigenvalue weighted by atomic mass is 10.2. The minimum absolute atomic E-state index is 0.0346. The summed E-state index contributed by atoms with van der Waals surface area (Å²) in [5, 5.41) is 1.78. The van der Waals surface area contributed by atoms with Gasteiger partial charge in [-0.25, -0.2) is 9.78 Å². The van der Waals surface area contributed by atoms with Gasteiger partial charge in [-0.15, -0.1) is 11.3 Å². The zero-order valence-electron chi connectivity index (χ0n) is 11.8. The molecule has 1 aromatic carbocycles. The van der Waals surface area contributed by atoms with Crippen LogP contribution < -0.4 is 5.56 Å². The number of halogens is 1. The maximum absolute atomic E-state index is 11.8. The van der Waals surface area contributed by atoms with E-state index in [2.05, 4.69) is 20.9 Å². The van der Waals surface area contributed by atoms with Crippen molar-refractivity contribution >= 4 is 44.3 Å². The van der Waals surface area contributed by atoms with Crippen LogP contribution in [0.3, 0.4) is 0 Å². The van der Waals surface area contributed by atoms with Crippen LogP contribution in [0, 0.1) is 0 Å². The normalized spacial score (nSPS) is 11.2. The second-order valence-corrected chi connectivity index (χ2v) is 6.42. The first-order valence-corrected chi connectivity index (χ1v) is 8.35. The lowest BCUT2D eigenvalue weighted by molar-refractivity contribution is -0.139. The van der Waals surface area contributed by atoms with Gasteiger partial charge in [0.05, 0.1) is 5.69 Å². The fourth-order valence-electron chi connectivity index (χ4n) is 1.89. The lowest BCUT2D eigenvalue weighted by Gasteiger charge is -2.02. The molecule has 0 unspecified atom stereocenters. The molecule has 2 aromatic heterocycles. The van der Waals surface area contributed by atoms with Crippen LogP contribution in [0.15, 0.2) is 57.3 Å². The predicted octanol–water partition coefficient (Wildman–Crippen LogP) is 3.28. The standard InChI is InChI=1S/C16H11BrN2O3S/c17-12-4-1-11(2-5-12)3-6-15(21)22-10-13-9-14(20)19-7-8-23-16(19)18-13/h1-9H,10H2/b6-3+. The van der Waals surface area contributed by atoms with E-state index in [0.717, 1.165) is 10.0 Å². The molecule has 7 heteroatoms. The number of aromatic nitrogens is 2. The van der Waals surface area contributed by atoms with Crippen molar-refractivity contribution < 1.29 is 9.53 Å². The van der Waals surface area contributed by atoms with Crippen molar-refractivity contribution in [3.05, 3.63) is 74.1 Å². The minimum Gasteiger partial charge on any atom is -0.456 e. The van der Waals surface area contributed by atoms with E-state index in [-0.39, 0.29) is 12.2 Å². The summed E-state index contributed by atoms with van der Waals surface area (Å²) in [7, 11) is 0. The summed E-state index contributed by atoms with van der Waals surface area (Å²) in [5.74, 6) is -0.485. The van der Waals surface area contributed by atoms with Gasteiger partial charge in [0, 0.05) is 28.2 Å². The number of hydrogen-bond donors (Lipinski definition) is 0. The molecule has 0 radical (unpaired) electrons. The first-order valence-electron chi connectivity index (χ1n) is 6.68. The number of rotatable bonds is 4. The third-order valence-corrected chi connectivity index (χ3v) is 4.29. The van der Waals surface area contributed by atoms with Crippen molar-refractivity contribution in [1.29, 1.82) is 0 Å². The molecule has 0 N–H and O–H groups in total. The van der Waals surface area contributed by atoms with Crippen LogP contribution in [0.4, 0.5) is 0 Å². The van der Waals surface area contributed by atoms with Crippen molar-refractivity contribution in [3.63, 3.8) is 0 Å². The van der Waals surface area contributed by atoms with Gasteiger partial charge in [-0.3, -0.25) is 9.20 Å². The van der Waals surface area contributed by atoms with Gasteiger partial charge in [0.2, 0.25) is 0 Å². The summed E-state index contributed by atoms with van der Waals surface area (Å²) in [4.78, 5) is 28.4. The summed E-state index contributed by atoms with van der Waals surface area (Å²) >= 11 is 4.70. The van der Waals surface area contributed by atoms with Crippen LogP contribution in [0.1, 0.15) is 11.3 Å². The second-order valence-electron chi connectivity index (χ2n) is 4.63. The van der Waals surface area contributed by atoms with Gasteiger partial charge in [-0.2, -0.15) is 0 Å². The SMILES string of the molecule is O=C(/C=C/c1ccc(Br)cc1)OCc1cc(=O)n2ccsc2n1. The molecule has 3 aromatic rings. The summed E-state index contributed by atoms with van der Waals surface area (Å²) in [6.45, 7) is -0.0346. The molecule has 0 atom stereocenters. The van der Waals surface area contributed by atoms with E-state index in [1.165, 1.54) is 27.9 Å². The number of ether oxygens (including phenoxy) is 1. The van der Waals surface area contributed by atoms with Gasteiger partial charge < -0.3 is 4.74 Å². The molecule has 0 aliphatic rings. The number of fused-ring (bicyclic) bond motifs is 1. The summed E-state index contributed by atoms with van der Waals surface area (Å²) < 4.78 is 7.53. The fraction of sp³-hybridized carbons (Fsp3) is 0.0625. The smallest absolute Gasteiger partial charge is 0.331 e. The number of carbonyl (C=O) groups excluding carboxylic acids is 1. The van der Waals surface area contributed by atoms with Crippen molar-refractivity contribution in [2.24, 2.45) is 0 Å². The topological polar surface area (TPSA) is 60.7 Å². The minimum atomic E-state index is -0.485. The van der Waals surface area contributed by atoms with Crippen molar-refractivity contribution in [3.8, 4) is 0 Å². The number of carbonyl (C=O) groups is 1. The summed E-state index contributed by atoms with van der Waals surface area (Å²) in [6, 6.07) is 8.89. The number of hydrogen-bond acceptors (Lipinski definition) is 5. The maximum atomic E-state index is 11.8. The van der Waals surface area contributed by atoms with Gasteiger partial charge in [-0.1, -0.05) is 28.1 Å². The predicted molar refractivity (Wildman–Crippen MR) is 92.3 cm³/mol. The monoisotopic (exact) mass is 390 g/mol. The molecule has 5 nitrogen and oxygen atoms in total. The van der Waals surface area contributed by atoms with Crippen LogP contribution in [-0.2, 0) is 16.1 Å². The first-order chi connectivity index (χ1) is 11.1. The summed E-state index contributed by atoms with van der Waals surface area (Å²) in [5.41, 5.74) is 1.14. The van der Waals surface area contributed by atoms with E-state index in [9.17, 15) is 9.59 Å². The Morgan fingerprint density at radius 3 is 2.91 bits per heavy atom. The average Bonchev–Trinajstić information content (AvgIpc) is 3.01. The van der Waals surface area contributed by atoms with Gasteiger partial charge in [0.15, 0.2) is 4.96 Å². The third-order valence-electron chi connectivity index (χ3n) is 3.00. The Labute approximate surface area is 144 Å². The number of esters is 1. The molecule has 116 valence electrons. The van der Waals surface area contributed by atoms with Gasteiger partial charge in [0.25, 0.3) is 5.56 Å². The molecular formula is C16H11BrN2O3S. The molecule has 2 heterocycles. The highest BCUT2D eigenvalue weighted by Gasteiger charge is 2.05. The second kappa shape index (κ2) is 6.89. The average molecular weight is 391 g/mol. The van der Waals surface area contributed by atoms with E-state index in [1.54, 1.807) is 17.7 Å². The highest BCUT2D eigenvalue weighted by Crippen LogP contribution is 2.12. The fourth-order valence-corrected chi connectivity index (χ4v) is 2.90. The lowest BCUT2D eigenvalue weighted by Crippen LogP contribution is -2.14. The highest BCUT2D eigenvalue weighted by atomic mass is 79.9. The molecule has 0 amide bonds. The van der Waals surface area contributed by atoms with E-state index in [1.807, 2.05) is 24.3 Å². The third kappa shape index (κ3) is 3.94. The van der Waals surface area contributed by atoms with Gasteiger partial charge in [-0.05, 0) is 23.8 Å². The Hall–Kier alpha value is -2.25. The molecular weight excluding hydrogens is 380 g/mol. The Balaban J connectivity index is 1.63. The molecule has 0 aliphatic carbocycles. The summed E-state index contributed by atoms with van der Waals surface area (Å²) in [6.07, 6.45) is 4.67. The Bertz CT molecular complexity index is 928. The Morgan fingerprint density at radius 2 is 2.13 bits per heavy atom. The molecule has 0 saturated carbocycles. The highest BCUT2D eigenvalue weighted by molar-refractivity contribution is 9.10. The molecule has 0 bridgehead atoms. The molecule has 0 spiro atoms. The number of benzene rings is 1. The van der Waals surface area contributed by atoms with Crippen molar-refractivity contribution in [1.82, 2.24) is 9.38 Å². The van der Waals surface area contributed by atoms with Crippen LogP contribution in [0.2, 0.25) is 0 Å². The van der Waals surface area contributed by atoms with E-state index >= 15 is 0 Å². The zero-order chi connectivity index (χ0) is 16.2. The molecule has 0 saturated heterocycles. The van der Waals surface area contributed by atoms with E-state index in [4.69, 9.17) is 4.74 Å². The molecule has 23 heavy (non-hydrogen) atoms. The van der Waals surface area contributed by atoms with Crippen LogP contribution in [-0.4, -0.2) is 15.4 Å². The first kappa shape index (κ1) is 15.6. The van der Waals surface area contributed by atoms with E-state index < -0.39 is 5.97 Å². The number of nitrogens with zero attached hydrogens (tertiary/aromatic N) is 2. The van der Waals surface area contributed by atoms with Crippen LogP contribution in [0.25, 0.3) is 11.0 Å². The largest absolute Gasteiger partial charge is 0.456 e. The number of thiazole rings is 1. The quantitative estimate of drug-likeness (QED) is 0.506. The van der Waals surface area contributed by atoms with Crippen molar-refractivity contribution in [2.75, 3.05) is 0 Å². The van der Waals surface area contributed by atoms with Crippen LogP contribution in [0.5, 0.6) is 0 Å². The van der Waals surface area contributed by atoms with E-state index in [0.29, 0.717) is 10.7 Å². The Kier molecular flexibility index (Phi) is 4.68. The molecule has 0 fully saturated rings.